The van der Waals surface area contributed by atoms with E-state index in [9.17, 15) is 10.1 Å². The van der Waals surface area contributed by atoms with Crippen LogP contribution < -0.4 is 10.6 Å². The summed E-state index contributed by atoms with van der Waals surface area (Å²) in [6.45, 7) is 11.5. The summed E-state index contributed by atoms with van der Waals surface area (Å²) in [6.07, 6.45) is 2.18. The molecule has 0 saturated carbocycles. The van der Waals surface area contributed by atoms with Gasteiger partial charge in [-0.2, -0.15) is 0 Å². The van der Waals surface area contributed by atoms with Crippen LogP contribution in [0.1, 0.15) is 39.2 Å². The van der Waals surface area contributed by atoms with Crippen LogP contribution in [0.2, 0.25) is 0 Å². The van der Waals surface area contributed by atoms with Crippen molar-refractivity contribution in [2.75, 3.05) is 39.9 Å². The first kappa shape index (κ1) is 27.5. The van der Waals surface area contributed by atoms with Gasteiger partial charge in [0.15, 0.2) is 5.96 Å². The van der Waals surface area contributed by atoms with Gasteiger partial charge in [-0.15, -0.1) is 24.0 Å². The SMILES string of the molecule is CCN(CC)CCCC(C)NC(=NCc1ccc([N+](=O)[O-])cc1)NCCOC.I. The molecule has 29 heavy (non-hydrogen) atoms. The van der Waals surface area contributed by atoms with Crippen molar-refractivity contribution >= 4 is 35.6 Å². The molecule has 1 aromatic carbocycles. The molecule has 1 aromatic rings. The van der Waals surface area contributed by atoms with Crippen molar-refractivity contribution in [3.05, 3.63) is 39.9 Å². The average molecular weight is 521 g/mol. The van der Waals surface area contributed by atoms with E-state index in [4.69, 9.17) is 4.74 Å². The lowest BCUT2D eigenvalue weighted by Gasteiger charge is -2.21. The number of hydrogen-bond donors (Lipinski definition) is 2. The number of halogens is 1. The molecule has 9 heteroatoms. The van der Waals surface area contributed by atoms with Crippen LogP contribution in [0.3, 0.4) is 0 Å². The van der Waals surface area contributed by atoms with E-state index >= 15 is 0 Å². The van der Waals surface area contributed by atoms with E-state index in [1.807, 2.05) is 0 Å². The number of ether oxygens (including phenoxy) is 1. The molecule has 0 spiro atoms. The minimum Gasteiger partial charge on any atom is -0.383 e. The number of hydrogen-bond acceptors (Lipinski definition) is 5. The van der Waals surface area contributed by atoms with Gasteiger partial charge < -0.3 is 20.3 Å². The van der Waals surface area contributed by atoms with Crippen molar-refractivity contribution in [1.29, 1.82) is 0 Å². The Morgan fingerprint density at radius 1 is 1.28 bits per heavy atom. The fourth-order valence-corrected chi connectivity index (χ4v) is 2.78. The fourth-order valence-electron chi connectivity index (χ4n) is 2.78. The summed E-state index contributed by atoms with van der Waals surface area (Å²) in [4.78, 5) is 17.4. The van der Waals surface area contributed by atoms with Gasteiger partial charge in [0.1, 0.15) is 0 Å². The Morgan fingerprint density at radius 3 is 2.48 bits per heavy atom. The van der Waals surface area contributed by atoms with Gasteiger partial charge in [0.05, 0.1) is 18.1 Å². The molecule has 0 saturated heterocycles. The number of nitrogens with one attached hydrogen (secondary N) is 2. The van der Waals surface area contributed by atoms with Crippen LogP contribution in [0.15, 0.2) is 29.3 Å². The smallest absolute Gasteiger partial charge is 0.269 e. The number of aliphatic imine (C=N–C) groups is 1. The summed E-state index contributed by atoms with van der Waals surface area (Å²) in [5, 5.41) is 17.5. The van der Waals surface area contributed by atoms with Gasteiger partial charge in [0, 0.05) is 31.8 Å². The van der Waals surface area contributed by atoms with Gasteiger partial charge in [0.2, 0.25) is 0 Å². The van der Waals surface area contributed by atoms with Crippen LogP contribution in [-0.2, 0) is 11.3 Å². The molecule has 0 aliphatic heterocycles. The van der Waals surface area contributed by atoms with Crippen LogP contribution in [0, 0.1) is 10.1 Å². The molecule has 8 nitrogen and oxygen atoms in total. The second-order valence-corrected chi connectivity index (χ2v) is 6.72. The lowest BCUT2D eigenvalue weighted by Crippen LogP contribution is -2.43. The van der Waals surface area contributed by atoms with Gasteiger partial charge in [0.25, 0.3) is 5.69 Å². The standard InChI is InChI=1S/C20H35N5O3.HI/c1-5-24(6-2)14-7-8-17(3)23-20(21-13-15-28-4)22-16-18-9-11-19(12-10-18)25(26)27;/h9-12,17H,5-8,13-16H2,1-4H3,(H2,21,22,23);1H. The number of guanidine groups is 1. The molecule has 0 amide bonds. The second kappa shape index (κ2) is 16.3. The summed E-state index contributed by atoms with van der Waals surface area (Å²) in [5.41, 5.74) is 1.01. The molecule has 0 heterocycles. The van der Waals surface area contributed by atoms with Gasteiger partial charge in [-0.25, -0.2) is 4.99 Å². The largest absolute Gasteiger partial charge is 0.383 e. The minimum atomic E-state index is -0.397. The highest BCUT2D eigenvalue weighted by Crippen LogP contribution is 2.12. The average Bonchev–Trinajstić information content (AvgIpc) is 2.69. The molecule has 0 bridgehead atoms. The molecule has 1 rings (SSSR count). The summed E-state index contributed by atoms with van der Waals surface area (Å²) in [6, 6.07) is 6.78. The topological polar surface area (TPSA) is 92.0 Å². The van der Waals surface area contributed by atoms with Gasteiger partial charge in [-0.3, -0.25) is 10.1 Å². The molecule has 0 aliphatic carbocycles. The van der Waals surface area contributed by atoms with E-state index < -0.39 is 4.92 Å². The normalized spacial score (nSPS) is 12.4. The number of methoxy groups -OCH3 is 1. The highest BCUT2D eigenvalue weighted by Gasteiger charge is 2.08. The fraction of sp³-hybridized carbons (Fsp3) is 0.650. The number of nitro groups is 1. The summed E-state index contributed by atoms with van der Waals surface area (Å²) in [5.74, 6) is 0.728. The molecule has 2 N–H and O–H groups in total. The quantitative estimate of drug-likeness (QED) is 0.103. The maximum Gasteiger partial charge on any atom is 0.269 e. The van der Waals surface area contributed by atoms with Crippen molar-refractivity contribution in [2.24, 2.45) is 4.99 Å². The molecule has 0 fully saturated rings. The molecular formula is C20H36IN5O3. The third-order valence-corrected chi connectivity index (χ3v) is 4.55. The Hall–Kier alpha value is -1.46. The predicted octanol–water partition coefficient (Wildman–Crippen LogP) is 3.40. The lowest BCUT2D eigenvalue weighted by molar-refractivity contribution is -0.384. The zero-order valence-electron chi connectivity index (χ0n) is 18.0. The highest BCUT2D eigenvalue weighted by atomic mass is 127. The number of nitro benzene ring substituents is 1. The first-order valence-corrected chi connectivity index (χ1v) is 9.99. The Bertz CT molecular complexity index is 594. The van der Waals surface area contributed by atoms with Gasteiger partial charge in [-0.1, -0.05) is 26.0 Å². The number of rotatable bonds is 13. The van der Waals surface area contributed by atoms with E-state index in [2.05, 4.69) is 41.3 Å². The first-order chi connectivity index (χ1) is 13.5. The highest BCUT2D eigenvalue weighted by molar-refractivity contribution is 14.0. The zero-order chi connectivity index (χ0) is 20.8. The van der Waals surface area contributed by atoms with E-state index in [1.165, 1.54) is 12.1 Å². The third-order valence-electron chi connectivity index (χ3n) is 4.55. The Kier molecular flexibility index (Phi) is 15.5. The molecule has 166 valence electrons. The van der Waals surface area contributed by atoms with Gasteiger partial charge >= 0.3 is 0 Å². The van der Waals surface area contributed by atoms with Crippen LogP contribution in [0.5, 0.6) is 0 Å². The van der Waals surface area contributed by atoms with E-state index in [0.29, 0.717) is 25.7 Å². The van der Waals surface area contributed by atoms with Crippen LogP contribution in [0.4, 0.5) is 5.69 Å². The van der Waals surface area contributed by atoms with Crippen LogP contribution in [-0.4, -0.2) is 61.7 Å². The number of benzene rings is 1. The molecule has 0 radical (unpaired) electrons. The monoisotopic (exact) mass is 521 g/mol. The summed E-state index contributed by atoms with van der Waals surface area (Å²) in [7, 11) is 1.67. The van der Waals surface area contributed by atoms with Crippen molar-refractivity contribution in [1.82, 2.24) is 15.5 Å². The van der Waals surface area contributed by atoms with Crippen LogP contribution in [0.25, 0.3) is 0 Å². The Labute approximate surface area is 191 Å². The molecule has 0 aromatic heterocycles. The zero-order valence-corrected chi connectivity index (χ0v) is 20.3. The second-order valence-electron chi connectivity index (χ2n) is 6.72. The van der Waals surface area contributed by atoms with E-state index in [1.54, 1.807) is 19.2 Å². The number of non-ortho nitro benzene ring substituents is 1. The summed E-state index contributed by atoms with van der Waals surface area (Å²) < 4.78 is 5.10. The molecule has 1 atom stereocenters. The number of nitrogens with zero attached hydrogens (tertiary/aromatic N) is 3. The third kappa shape index (κ3) is 12.0. The molecular weight excluding hydrogens is 485 g/mol. The van der Waals surface area contributed by atoms with Crippen molar-refractivity contribution in [3.63, 3.8) is 0 Å². The molecule has 1 unspecified atom stereocenters. The lowest BCUT2D eigenvalue weighted by atomic mass is 10.2. The first-order valence-electron chi connectivity index (χ1n) is 9.99. The van der Waals surface area contributed by atoms with Gasteiger partial charge in [-0.05, 0) is 45.0 Å². The van der Waals surface area contributed by atoms with E-state index in [0.717, 1.165) is 44.0 Å². The maximum atomic E-state index is 10.8. The van der Waals surface area contributed by atoms with Crippen molar-refractivity contribution < 1.29 is 9.66 Å². The summed E-state index contributed by atoms with van der Waals surface area (Å²) >= 11 is 0. The van der Waals surface area contributed by atoms with Crippen molar-refractivity contribution in [3.8, 4) is 0 Å². The van der Waals surface area contributed by atoms with Crippen molar-refractivity contribution in [2.45, 2.75) is 46.2 Å². The minimum absolute atomic E-state index is 0. The molecule has 0 aliphatic rings. The predicted molar refractivity (Wildman–Crippen MR) is 129 cm³/mol. The Balaban J connectivity index is 0.00000784. The Morgan fingerprint density at radius 2 is 1.93 bits per heavy atom. The van der Waals surface area contributed by atoms with E-state index in [-0.39, 0.29) is 29.7 Å². The van der Waals surface area contributed by atoms with Crippen LogP contribution >= 0.6 is 24.0 Å². The maximum absolute atomic E-state index is 10.8.